The van der Waals surface area contributed by atoms with Crippen LogP contribution in [0.5, 0.6) is 0 Å². The predicted octanol–water partition coefficient (Wildman–Crippen LogP) is 2.20. The second-order valence-corrected chi connectivity index (χ2v) is 4.09. The van der Waals surface area contributed by atoms with Crippen molar-refractivity contribution in [3.8, 4) is 0 Å². The number of nitrogens with one attached hydrogen (secondary N) is 1. The van der Waals surface area contributed by atoms with Gasteiger partial charge in [-0.25, -0.2) is 4.79 Å². The lowest BCUT2D eigenvalue weighted by atomic mass is 10.1. The Kier molecular flexibility index (Phi) is 6.00. The maximum Gasteiger partial charge on any atom is 0.337 e. The molecule has 1 rings (SSSR count). The summed E-state index contributed by atoms with van der Waals surface area (Å²) in [4.78, 5) is 10.8. The molecule has 0 aliphatic rings. The molecule has 0 aliphatic carbocycles. The first-order valence-corrected chi connectivity index (χ1v) is 6.00. The number of benzene rings is 1. The Balaban J connectivity index is 2.35. The number of carboxylic acids is 1. The van der Waals surface area contributed by atoms with Gasteiger partial charge in [0, 0.05) is 31.6 Å². The number of nitrogen functional groups attached to an aromatic ring is 1. The van der Waals surface area contributed by atoms with E-state index in [4.69, 9.17) is 15.6 Å². The van der Waals surface area contributed by atoms with Crippen molar-refractivity contribution in [2.75, 3.05) is 31.3 Å². The summed E-state index contributed by atoms with van der Waals surface area (Å²) in [5.41, 5.74) is 6.93. The van der Waals surface area contributed by atoms with Crippen LogP contribution in [0.15, 0.2) is 18.2 Å². The lowest BCUT2D eigenvalue weighted by Gasteiger charge is -2.08. The summed E-state index contributed by atoms with van der Waals surface area (Å²) in [7, 11) is 1.70. The van der Waals surface area contributed by atoms with Crippen LogP contribution in [-0.2, 0) is 4.74 Å². The number of anilines is 2. The Morgan fingerprint density at radius 1 is 1.39 bits per heavy atom. The van der Waals surface area contributed by atoms with Crippen LogP contribution >= 0.6 is 0 Å². The van der Waals surface area contributed by atoms with E-state index in [2.05, 4.69) is 5.32 Å². The molecule has 1 aromatic carbocycles. The average molecular weight is 252 g/mol. The maximum absolute atomic E-state index is 10.8. The summed E-state index contributed by atoms with van der Waals surface area (Å²) in [5.74, 6) is -1.00. The zero-order valence-corrected chi connectivity index (χ0v) is 10.6. The number of rotatable bonds is 8. The Morgan fingerprint density at radius 2 is 2.17 bits per heavy atom. The predicted molar refractivity (Wildman–Crippen MR) is 72.0 cm³/mol. The van der Waals surface area contributed by atoms with Crippen LogP contribution in [0.1, 0.15) is 29.6 Å². The van der Waals surface area contributed by atoms with E-state index in [0.29, 0.717) is 0 Å². The fourth-order valence-electron chi connectivity index (χ4n) is 1.65. The van der Waals surface area contributed by atoms with Gasteiger partial charge in [0.15, 0.2) is 0 Å². The third-order valence-electron chi connectivity index (χ3n) is 2.64. The van der Waals surface area contributed by atoms with Crippen molar-refractivity contribution in [1.82, 2.24) is 0 Å². The van der Waals surface area contributed by atoms with E-state index in [1.807, 2.05) is 0 Å². The van der Waals surface area contributed by atoms with Crippen molar-refractivity contribution < 1.29 is 14.6 Å². The number of nitrogens with two attached hydrogens (primary N) is 1. The molecule has 4 N–H and O–H groups in total. The van der Waals surface area contributed by atoms with Gasteiger partial charge >= 0.3 is 5.97 Å². The van der Waals surface area contributed by atoms with Crippen LogP contribution in [-0.4, -0.2) is 31.3 Å². The Morgan fingerprint density at radius 3 is 2.78 bits per heavy atom. The molecule has 0 heterocycles. The summed E-state index contributed by atoms with van der Waals surface area (Å²) in [6.07, 6.45) is 3.20. The number of methoxy groups -OCH3 is 1. The number of carbonyl (C=O) groups is 1. The van der Waals surface area contributed by atoms with Gasteiger partial charge in [0.2, 0.25) is 0 Å². The zero-order valence-electron chi connectivity index (χ0n) is 10.6. The van der Waals surface area contributed by atoms with Gasteiger partial charge in [-0.3, -0.25) is 0 Å². The molecule has 5 heteroatoms. The molecule has 5 nitrogen and oxygen atoms in total. The van der Waals surface area contributed by atoms with Crippen LogP contribution in [0, 0.1) is 0 Å². The van der Waals surface area contributed by atoms with E-state index in [0.717, 1.165) is 38.1 Å². The molecule has 0 unspecified atom stereocenters. The SMILES string of the molecule is COCCCCCNc1ccc(C(=O)O)c(N)c1. The van der Waals surface area contributed by atoms with Crippen LogP contribution in [0.25, 0.3) is 0 Å². The van der Waals surface area contributed by atoms with E-state index < -0.39 is 5.97 Å². The van der Waals surface area contributed by atoms with Gasteiger partial charge in [-0.05, 0) is 37.5 Å². The van der Waals surface area contributed by atoms with Gasteiger partial charge < -0.3 is 20.9 Å². The first kappa shape index (κ1) is 14.3. The number of hydrogen-bond acceptors (Lipinski definition) is 4. The maximum atomic E-state index is 10.8. The smallest absolute Gasteiger partial charge is 0.337 e. The first-order chi connectivity index (χ1) is 8.65. The Bertz CT molecular complexity index is 394. The molecule has 18 heavy (non-hydrogen) atoms. The van der Waals surface area contributed by atoms with Crippen molar-refractivity contribution in [2.45, 2.75) is 19.3 Å². The van der Waals surface area contributed by atoms with Crippen molar-refractivity contribution in [2.24, 2.45) is 0 Å². The third kappa shape index (κ3) is 4.63. The molecule has 0 aromatic heterocycles. The summed E-state index contributed by atoms with van der Waals surface area (Å²) in [6.45, 7) is 1.63. The van der Waals surface area contributed by atoms with Crippen molar-refractivity contribution in [3.05, 3.63) is 23.8 Å². The molecular formula is C13H20N2O3. The lowest BCUT2D eigenvalue weighted by molar-refractivity contribution is 0.0698. The van der Waals surface area contributed by atoms with Gasteiger partial charge in [-0.2, -0.15) is 0 Å². The van der Waals surface area contributed by atoms with Crippen LogP contribution in [0.2, 0.25) is 0 Å². The summed E-state index contributed by atoms with van der Waals surface area (Å²) >= 11 is 0. The van der Waals surface area contributed by atoms with Gasteiger partial charge in [-0.1, -0.05) is 0 Å². The number of ether oxygens (including phenoxy) is 1. The zero-order chi connectivity index (χ0) is 13.4. The lowest BCUT2D eigenvalue weighted by Crippen LogP contribution is -2.06. The largest absolute Gasteiger partial charge is 0.478 e. The van der Waals surface area contributed by atoms with Crippen LogP contribution in [0.4, 0.5) is 11.4 Å². The number of carboxylic acid groups (broad SMARTS) is 1. The molecular weight excluding hydrogens is 232 g/mol. The van der Waals surface area contributed by atoms with Crippen LogP contribution < -0.4 is 11.1 Å². The van der Waals surface area contributed by atoms with E-state index >= 15 is 0 Å². The van der Waals surface area contributed by atoms with Crippen LogP contribution in [0.3, 0.4) is 0 Å². The molecule has 0 spiro atoms. The highest BCUT2D eigenvalue weighted by atomic mass is 16.5. The monoisotopic (exact) mass is 252 g/mol. The summed E-state index contributed by atoms with van der Waals surface area (Å²) in [5, 5.41) is 12.1. The standard InChI is InChI=1S/C13H20N2O3/c1-18-8-4-2-3-7-15-10-5-6-11(13(16)17)12(14)9-10/h5-6,9,15H,2-4,7-8,14H2,1H3,(H,16,17). The average Bonchev–Trinajstić information content (AvgIpc) is 2.33. The van der Waals surface area contributed by atoms with Gasteiger partial charge in [0.25, 0.3) is 0 Å². The van der Waals surface area contributed by atoms with E-state index in [9.17, 15) is 4.79 Å². The van der Waals surface area contributed by atoms with E-state index in [1.165, 1.54) is 6.07 Å². The molecule has 0 saturated heterocycles. The van der Waals surface area contributed by atoms with Gasteiger partial charge in [0.1, 0.15) is 0 Å². The molecule has 0 saturated carbocycles. The number of aromatic carboxylic acids is 1. The molecule has 0 bridgehead atoms. The highest BCUT2D eigenvalue weighted by molar-refractivity contribution is 5.94. The van der Waals surface area contributed by atoms with Crippen molar-refractivity contribution in [1.29, 1.82) is 0 Å². The van der Waals surface area contributed by atoms with Gasteiger partial charge in [0.05, 0.1) is 5.56 Å². The Labute approximate surface area is 107 Å². The molecule has 100 valence electrons. The first-order valence-electron chi connectivity index (χ1n) is 6.00. The highest BCUT2D eigenvalue weighted by Gasteiger charge is 2.07. The minimum atomic E-state index is -1.00. The second-order valence-electron chi connectivity index (χ2n) is 4.09. The quantitative estimate of drug-likeness (QED) is 0.488. The minimum Gasteiger partial charge on any atom is -0.478 e. The number of unbranched alkanes of at least 4 members (excludes halogenated alkanes) is 2. The van der Waals surface area contributed by atoms with Crippen molar-refractivity contribution >= 4 is 17.3 Å². The summed E-state index contributed by atoms with van der Waals surface area (Å²) < 4.78 is 4.97. The summed E-state index contributed by atoms with van der Waals surface area (Å²) in [6, 6.07) is 4.90. The molecule has 0 radical (unpaired) electrons. The van der Waals surface area contributed by atoms with E-state index in [1.54, 1.807) is 19.2 Å². The topological polar surface area (TPSA) is 84.6 Å². The second kappa shape index (κ2) is 7.55. The molecule has 0 aliphatic heterocycles. The Hall–Kier alpha value is -1.75. The fraction of sp³-hybridized carbons (Fsp3) is 0.462. The number of hydrogen-bond donors (Lipinski definition) is 3. The molecule has 1 aromatic rings. The van der Waals surface area contributed by atoms with Crippen molar-refractivity contribution in [3.63, 3.8) is 0 Å². The highest BCUT2D eigenvalue weighted by Crippen LogP contribution is 2.18. The van der Waals surface area contributed by atoms with Gasteiger partial charge in [-0.15, -0.1) is 0 Å². The fourth-order valence-corrected chi connectivity index (χ4v) is 1.65. The minimum absolute atomic E-state index is 0.139. The molecule has 0 fully saturated rings. The van der Waals surface area contributed by atoms with E-state index in [-0.39, 0.29) is 11.3 Å². The molecule has 0 amide bonds. The molecule has 0 atom stereocenters. The normalized spacial score (nSPS) is 10.3. The third-order valence-corrected chi connectivity index (χ3v) is 2.64.